The van der Waals surface area contributed by atoms with Crippen molar-refractivity contribution in [1.29, 1.82) is 10.8 Å². The summed E-state index contributed by atoms with van der Waals surface area (Å²) >= 11 is 3.24. The van der Waals surface area contributed by atoms with Crippen LogP contribution in [0, 0.1) is 16.7 Å². The maximum Gasteiger partial charge on any atom is 0.179 e. The number of rotatable bonds is 3. The molecule has 7 rings (SSSR count). The SMILES string of the molecule is N=C1C(=N)C(c2scc3c2OCCO3)CCC1C1=C2NC=CNC2=C(c2scc3c2OCCO3)CC1. The van der Waals surface area contributed by atoms with Crippen molar-refractivity contribution in [2.24, 2.45) is 5.92 Å². The monoisotopic (exact) mass is 522 g/mol. The second-order valence-corrected chi connectivity index (χ2v) is 11.1. The van der Waals surface area contributed by atoms with Gasteiger partial charge in [0.2, 0.25) is 0 Å². The van der Waals surface area contributed by atoms with Crippen LogP contribution < -0.4 is 29.6 Å². The van der Waals surface area contributed by atoms with Crippen LogP contribution in [0.2, 0.25) is 0 Å². The van der Waals surface area contributed by atoms with Crippen LogP contribution in [-0.2, 0) is 0 Å². The summed E-state index contributed by atoms with van der Waals surface area (Å²) in [6, 6.07) is 0. The average molecular weight is 523 g/mol. The maximum atomic E-state index is 9.04. The molecule has 2 aliphatic carbocycles. The topological polar surface area (TPSA) is 109 Å². The number of nitrogens with one attached hydrogen (secondary N) is 4. The molecule has 0 radical (unpaired) electrons. The Morgan fingerprint density at radius 2 is 1.36 bits per heavy atom. The minimum atomic E-state index is -0.115. The summed E-state index contributed by atoms with van der Waals surface area (Å²) in [5, 5.41) is 28.9. The molecule has 36 heavy (non-hydrogen) atoms. The second-order valence-electron chi connectivity index (χ2n) is 9.33. The van der Waals surface area contributed by atoms with Crippen molar-refractivity contribution >= 4 is 39.7 Å². The molecule has 2 aromatic heterocycles. The zero-order valence-electron chi connectivity index (χ0n) is 19.6. The zero-order chi connectivity index (χ0) is 24.2. The van der Waals surface area contributed by atoms with Crippen LogP contribution in [0.1, 0.15) is 41.4 Å². The van der Waals surface area contributed by atoms with Crippen LogP contribution in [0.3, 0.4) is 0 Å². The minimum absolute atomic E-state index is 0.0779. The van der Waals surface area contributed by atoms with Gasteiger partial charge in [0.15, 0.2) is 23.0 Å². The molecule has 4 N–H and O–H groups in total. The third kappa shape index (κ3) is 3.38. The van der Waals surface area contributed by atoms with E-state index in [-0.39, 0.29) is 11.8 Å². The fraction of sp³-hybridized carbons (Fsp3) is 0.385. The van der Waals surface area contributed by atoms with Gasteiger partial charge < -0.3 is 40.4 Å². The lowest BCUT2D eigenvalue weighted by Gasteiger charge is -2.36. The van der Waals surface area contributed by atoms with Crippen molar-refractivity contribution in [3.8, 4) is 23.0 Å². The van der Waals surface area contributed by atoms with E-state index in [4.69, 9.17) is 29.8 Å². The van der Waals surface area contributed by atoms with E-state index in [2.05, 4.69) is 10.6 Å². The summed E-state index contributed by atoms with van der Waals surface area (Å²) in [6.45, 7) is 2.23. The van der Waals surface area contributed by atoms with Gasteiger partial charge in [0.05, 0.1) is 32.6 Å². The van der Waals surface area contributed by atoms with E-state index in [0.29, 0.717) is 37.9 Å². The van der Waals surface area contributed by atoms with Gasteiger partial charge in [-0.3, -0.25) is 0 Å². The number of fused-ring (bicyclic) bond motifs is 3. The molecular weight excluding hydrogens is 496 g/mol. The van der Waals surface area contributed by atoms with E-state index < -0.39 is 0 Å². The summed E-state index contributed by atoms with van der Waals surface area (Å²) in [5.41, 5.74) is 5.29. The van der Waals surface area contributed by atoms with Crippen LogP contribution in [0.15, 0.2) is 40.1 Å². The van der Waals surface area contributed by atoms with Gasteiger partial charge in [0.1, 0.15) is 26.4 Å². The Hall–Kier alpha value is -3.24. The van der Waals surface area contributed by atoms with E-state index >= 15 is 0 Å². The van der Waals surface area contributed by atoms with Crippen molar-refractivity contribution in [3.05, 3.63) is 49.9 Å². The van der Waals surface area contributed by atoms with E-state index in [1.807, 2.05) is 23.2 Å². The standard InChI is InChI=1S/C26H26N4O4S2/c27-19-13(1-3-15(20(19)28)25-23-17(11-35-25)31-7-9-33-23)14-2-4-16(22-21(14)29-5-6-30-22)26-24-18(12-36-26)32-8-10-34-24/h5-6,11-13,15,27-30H,1-4,7-10H2. The van der Waals surface area contributed by atoms with Crippen molar-refractivity contribution in [2.45, 2.75) is 31.6 Å². The first-order valence-corrected chi connectivity index (χ1v) is 14.0. The summed E-state index contributed by atoms with van der Waals surface area (Å²) < 4.78 is 23.4. The van der Waals surface area contributed by atoms with Crippen molar-refractivity contribution in [1.82, 2.24) is 10.6 Å². The van der Waals surface area contributed by atoms with E-state index in [1.165, 1.54) is 11.1 Å². The molecular formula is C26H26N4O4S2. The van der Waals surface area contributed by atoms with Gasteiger partial charge in [-0.15, -0.1) is 22.7 Å². The van der Waals surface area contributed by atoms with Gasteiger partial charge in [-0.1, -0.05) is 0 Å². The molecule has 0 spiro atoms. The fourth-order valence-corrected chi connectivity index (χ4v) is 7.86. The Labute approximate surface area is 216 Å². The molecule has 10 heteroatoms. The van der Waals surface area contributed by atoms with Crippen LogP contribution in [0.4, 0.5) is 0 Å². The highest BCUT2D eigenvalue weighted by Gasteiger charge is 2.40. The molecule has 0 bridgehead atoms. The summed E-state index contributed by atoms with van der Waals surface area (Å²) in [6.07, 6.45) is 7.14. The maximum absolute atomic E-state index is 9.04. The third-order valence-corrected chi connectivity index (χ3v) is 9.48. The molecule has 5 heterocycles. The lowest BCUT2D eigenvalue weighted by atomic mass is 9.72. The third-order valence-electron chi connectivity index (χ3n) is 7.43. The van der Waals surface area contributed by atoms with E-state index in [9.17, 15) is 0 Å². The molecule has 2 aromatic rings. The number of thiophene rings is 2. The molecule has 1 saturated carbocycles. The van der Waals surface area contributed by atoms with Gasteiger partial charge in [-0.2, -0.15) is 0 Å². The van der Waals surface area contributed by atoms with E-state index in [0.717, 1.165) is 69.8 Å². The molecule has 8 nitrogen and oxygen atoms in total. The normalized spacial score (nSPS) is 24.9. The van der Waals surface area contributed by atoms with Gasteiger partial charge in [0, 0.05) is 35.0 Å². The molecule has 0 saturated heterocycles. The number of allylic oxidation sites excluding steroid dienone is 2. The molecule has 0 amide bonds. The smallest absolute Gasteiger partial charge is 0.179 e. The van der Waals surface area contributed by atoms with Crippen LogP contribution in [0.25, 0.3) is 5.57 Å². The molecule has 2 atom stereocenters. The van der Waals surface area contributed by atoms with E-state index in [1.54, 1.807) is 22.7 Å². The van der Waals surface area contributed by atoms with Crippen LogP contribution >= 0.6 is 22.7 Å². The molecule has 5 aliphatic rings. The van der Waals surface area contributed by atoms with Gasteiger partial charge >= 0.3 is 0 Å². The first-order chi connectivity index (χ1) is 17.7. The number of ether oxygens (including phenoxy) is 4. The quantitative estimate of drug-likeness (QED) is 0.451. The number of hydrogen-bond donors (Lipinski definition) is 4. The van der Waals surface area contributed by atoms with Gasteiger partial charge in [-0.05, 0) is 36.8 Å². The highest BCUT2D eigenvalue weighted by atomic mass is 32.1. The van der Waals surface area contributed by atoms with Crippen LogP contribution in [0.5, 0.6) is 23.0 Å². The zero-order valence-corrected chi connectivity index (χ0v) is 21.2. The Bertz CT molecular complexity index is 1370. The lowest BCUT2D eigenvalue weighted by molar-refractivity contribution is 0.172. The Balaban J connectivity index is 1.21. The predicted octanol–water partition coefficient (Wildman–Crippen LogP) is 5.01. The lowest BCUT2D eigenvalue weighted by Crippen LogP contribution is -2.37. The molecule has 186 valence electrons. The summed E-state index contributed by atoms with van der Waals surface area (Å²) in [5.74, 6) is 3.02. The fourth-order valence-electron chi connectivity index (χ4n) is 5.77. The minimum Gasteiger partial charge on any atom is -0.485 e. The summed E-state index contributed by atoms with van der Waals surface area (Å²) in [7, 11) is 0. The highest BCUT2D eigenvalue weighted by molar-refractivity contribution is 7.12. The Morgan fingerprint density at radius 3 is 2.19 bits per heavy atom. The highest BCUT2D eigenvalue weighted by Crippen LogP contribution is 2.51. The van der Waals surface area contributed by atoms with Gasteiger partial charge in [-0.25, -0.2) is 0 Å². The molecule has 0 aromatic carbocycles. The van der Waals surface area contributed by atoms with Crippen molar-refractivity contribution < 1.29 is 18.9 Å². The predicted molar refractivity (Wildman–Crippen MR) is 140 cm³/mol. The van der Waals surface area contributed by atoms with Crippen molar-refractivity contribution in [2.75, 3.05) is 26.4 Å². The average Bonchev–Trinajstić information content (AvgIpc) is 3.55. The Kier molecular flexibility index (Phi) is 5.32. The number of hydrogen-bond acceptors (Lipinski definition) is 10. The first-order valence-electron chi connectivity index (χ1n) is 12.3. The molecule has 1 fully saturated rings. The summed E-state index contributed by atoms with van der Waals surface area (Å²) in [4.78, 5) is 2.13. The van der Waals surface area contributed by atoms with Crippen molar-refractivity contribution in [3.63, 3.8) is 0 Å². The van der Waals surface area contributed by atoms with Crippen LogP contribution in [-0.4, -0.2) is 37.9 Å². The van der Waals surface area contributed by atoms with Gasteiger partial charge in [0.25, 0.3) is 0 Å². The first kappa shape index (κ1) is 22.0. The Morgan fingerprint density at radius 1 is 0.722 bits per heavy atom. The second kappa shape index (κ2) is 8.70. The largest absolute Gasteiger partial charge is 0.485 e. The molecule has 2 unspecified atom stereocenters. The molecule has 3 aliphatic heterocycles.